The molecule has 0 saturated carbocycles. The van der Waals surface area contributed by atoms with Gasteiger partial charge in [-0.25, -0.2) is 4.79 Å². The van der Waals surface area contributed by atoms with Crippen molar-refractivity contribution in [3.8, 4) is 0 Å². The lowest BCUT2D eigenvalue weighted by Gasteiger charge is -2.34. The van der Waals surface area contributed by atoms with E-state index in [1.807, 2.05) is 4.90 Å². The normalized spacial score (nSPS) is 15.4. The summed E-state index contributed by atoms with van der Waals surface area (Å²) in [4.78, 5) is 27.3. The van der Waals surface area contributed by atoms with Crippen LogP contribution in [0.25, 0.3) is 0 Å². The Labute approximate surface area is 118 Å². The van der Waals surface area contributed by atoms with Crippen LogP contribution in [-0.2, 0) is 9.53 Å². The molecule has 0 aliphatic carbocycles. The van der Waals surface area contributed by atoms with Crippen molar-refractivity contribution < 1.29 is 14.3 Å². The molecule has 1 fully saturated rings. The summed E-state index contributed by atoms with van der Waals surface area (Å²) >= 11 is 0. The van der Waals surface area contributed by atoms with Crippen LogP contribution in [0.15, 0.2) is 18.2 Å². The van der Waals surface area contributed by atoms with Crippen LogP contribution < -0.4 is 10.6 Å². The van der Waals surface area contributed by atoms with Gasteiger partial charge in [-0.1, -0.05) is 6.07 Å². The van der Waals surface area contributed by atoms with Crippen molar-refractivity contribution in [3.05, 3.63) is 23.8 Å². The predicted octanol–water partition coefficient (Wildman–Crippen LogP) is 0.724. The molecule has 6 nitrogen and oxygen atoms in total. The van der Waals surface area contributed by atoms with E-state index in [0.717, 1.165) is 0 Å². The Hall–Kier alpha value is -2.24. The largest absolute Gasteiger partial charge is 0.462 e. The Morgan fingerprint density at radius 3 is 2.80 bits per heavy atom. The summed E-state index contributed by atoms with van der Waals surface area (Å²) in [5, 5.41) is 0. The average molecular weight is 277 g/mol. The first kappa shape index (κ1) is 14.2. The number of hydrogen-bond donors (Lipinski definition) is 1. The van der Waals surface area contributed by atoms with Gasteiger partial charge in [0.15, 0.2) is 0 Å². The molecule has 1 aromatic carbocycles. The van der Waals surface area contributed by atoms with Crippen LogP contribution >= 0.6 is 0 Å². The van der Waals surface area contributed by atoms with Crippen molar-refractivity contribution in [2.45, 2.75) is 6.92 Å². The molecule has 6 heteroatoms. The predicted molar refractivity (Wildman–Crippen MR) is 76.7 cm³/mol. The molecule has 0 aromatic heterocycles. The molecule has 0 atom stereocenters. The van der Waals surface area contributed by atoms with Gasteiger partial charge in [0, 0.05) is 20.1 Å². The van der Waals surface area contributed by atoms with E-state index in [0.29, 0.717) is 36.6 Å². The van der Waals surface area contributed by atoms with E-state index >= 15 is 0 Å². The zero-order valence-electron chi connectivity index (χ0n) is 11.8. The van der Waals surface area contributed by atoms with Gasteiger partial charge in [0.2, 0.25) is 5.91 Å². The highest BCUT2D eigenvalue weighted by Crippen LogP contribution is 2.29. The van der Waals surface area contributed by atoms with Gasteiger partial charge >= 0.3 is 5.97 Å². The maximum atomic E-state index is 12.0. The molecule has 1 aliphatic rings. The van der Waals surface area contributed by atoms with E-state index < -0.39 is 5.97 Å². The number of hydrogen-bond acceptors (Lipinski definition) is 5. The minimum Gasteiger partial charge on any atom is -0.462 e. The Kier molecular flexibility index (Phi) is 4.12. The van der Waals surface area contributed by atoms with Crippen LogP contribution in [0, 0.1) is 0 Å². The molecule has 0 radical (unpaired) electrons. The van der Waals surface area contributed by atoms with Crippen molar-refractivity contribution in [1.82, 2.24) is 4.90 Å². The van der Waals surface area contributed by atoms with Crippen molar-refractivity contribution in [1.29, 1.82) is 0 Å². The fourth-order valence-corrected chi connectivity index (χ4v) is 2.24. The number of nitrogens with zero attached hydrogens (tertiary/aromatic N) is 2. The standard InChI is InChI=1S/C14H19N3O3/c1-3-20-14(19)10-5-4-6-11(15)13(10)17-8-7-16(2)12(18)9-17/h4-6H,3,7-9,15H2,1-2H3. The molecule has 1 saturated heterocycles. The summed E-state index contributed by atoms with van der Waals surface area (Å²) in [5.74, 6) is -0.407. The van der Waals surface area contributed by atoms with E-state index in [-0.39, 0.29) is 12.5 Å². The van der Waals surface area contributed by atoms with Gasteiger partial charge in [-0.05, 0) is 19.1 Å². The zero-order valence-corrected chi connectivity index (χ0v) is 11.8. The highest BCUT2D eigenvalue weighted by molar-refractivity contribution is 6.00. The van der Waals surface area contributed by atoms with Gasteiger partial charge in [-0.15, -0.1) is 0 Å². The highest BCUT2D eigenvalue weighted by atomic mass is 16.5. The van der Waals surface area contributed by atoms with Crippen LogP contribution in [-0.4, -0.2) is 50.1 Å². The summed E-state index contributed by atoms with van der Waals surface area (Å²) in [6.07, 6.45) is 0. The third kappa shape index (κ3) is 2.68. The number of nitrogens with two attached hydrogens (primary N) is 1. The second kappa shape index (κ2) is 5.81. The van der Waals surface area contributed by atoms with E-state index in [2.05, 4.69) is 0 Å². The van der Waals surface area contributed by atoms with Gasteiger partial charge in [0.1, 0.15) is 0 Å². The van der Waals surface area contributed by atoms with Gasteiger partial charge in [0.05, 0.1) is 30.1 Å². The number of piperazine rings is 1. The molecule has 2 rings (SSSR count). The number of nitrogen functional groups attached to an aromatic ring is 1. The molecule has 1 aliphatic heterocycles. The average Bonchev–Trinajstić information content (AvgIpc) is 2.42. The van der Waals surface area contributed by atoms with Crippen LogP contribution in [0.3, 0.4) is 0 Å². The Balaban J connectivity index is 2.35. The number of carbonyl (C=O) groups is 2. The first-order chi connectivity index (χ1) is 9.54. The third-order valence-electron chi connectivity index (χ3n) is 3.34. The van der Waals surface area contributed by atoms with Crippen LogP contribution in [0.1, 0.15) is 17.3 Å². The summed E-state index contributed by atoms with van der Waals surface area (Å²) in [6.45, 7) is 3.52. The lowest BCUT2D eigenvalue weighted by Crippen LogP contribution is -2.49. The summed E-state index contributed by atoms with van der Waals surface area (Å²) < 4.78 is 5.05. The quantitative estimate of drug-likeness (QED) is 0.651. The van der Waals surface area contributed by atoms with E-state index in [9.17, 15) is 9.59 Å². The topological polar surface area (TPSA) is 75.9 Å². The molecule has 0 bridgehead atoms. The molecule has 0 spiro atoms. The number of esters is 1. The van der Waals surface area contributed by atoms with Crippen molar-refractivity contribution in [2.75, 3.05) is 43.9 Å². The Morgan fingerprint density at radius 2 is 2.15 bits per heavy atom. The number of para-hydroxylation sites is 1. The maximum absolute atomic E-state index is 12.0. The highest BCUT2D eigenvalue weighted by Gasteiger charge is 2.26. The van der Waals surface area contributed by atoms with Gasteiger partial charge in [-0.3, -0.25) is 4.79 Å². The van der Waals surface area contributed by atoms with Crippen LogP contribution in [0.5, 0.6) is 0 Å². The first-order valence-corrected chi connectivity index (χ1v) is 6.59. The molecule has 20 heavy (non-hydrogen) atoms. The van der Waals surface area contributed by atoms with E-state index in [1.165, 1.54) is 0 Å². The lowest BCUT2D eigenvalue weighted by molar-refractivity contribution is -0.129. The van der Waals surface area contributed by atoms with E-state index in [1.54, 1.807) is 37.1 Å². The number of ether oxygens (including phenoxy) is 1. The van der Waals surface area contributed by atoms with E-state index in [4.69, 9.17) is 10.5 Å². The fourth-order valence-electron chi connectivity index (χ4n) is 2.24. The number of rotatable bonds is 3. The molecule has 0 unspecified atom stereocenters. The summed E-state index contributed by atoms with van der Waals surface area (Å²) in [5.41, 5.74) is 7.47. The van der Waals surface area contributed by atoms with Crippen LogP contribution in [0.2, 0.25) is 0 Å². The Bertz CT molecular complexity index is 530. The zero-order chi connectivity index (χ0) is 14.7. The number of benzene rings is 1. The number of carbonyl (C=O) groups excluding carboxylic acids is 2. The fraction of sp³-hybridized carbons (Fsp3) is 0.429. The molecule has 2 N–H and O–H groups in total. The SMILES string of the molecule is CCOC(=O)c1cccc(N)c1N1CCN(C)C(=O)C1. The van der Waals surface area contributed by atoms with Crippen molar-refractivity contribution in [3.63, 3.8) is 0 Å². The second-order valence-corrected chi connectivity index (χ2v) is 4.70. The Morgan fingerprint density at radius 1 is 1.40 bits per heavy atom. The molecule has 108 valence electrons. The van der Waals surface area contributed by atoms with Gasteiger partial charge < -0.3 is 20.3 Å². The van der Waals surface area contributed by atoms with Gasteiger partial charge in [-0.2, -0.15) is 0 Å². The van der Waals surface area contributed by atoms with Crippen molar-refractivity contribution >= 4 is 23.3 Å². The first-order valence-electron chi connectivity index (χ1n) is 6.59. The summed E-state index contributed by atoms with van der Waals surface area (Å²) in [7, 11) is 1.76. The number of anilines is 2. The summed E-state index contributed by atoms with van der Waals surface area (Å²) in [6, 6.07) is 5.11. The smallest absolute Gasteiger partial charge is 0.340 e. The molecular formula is C14H19N3O3. The number of amides is 1. The maximum Gasteiger partial charge on any atom is 0.340 e. The van der Waals surface area contributed by atoms with Crippen molar-refractivity contribution in [2.24, 2.45) is 0 Å². The third-order valence-corrected chi connectivity index (χ3v) is 3.34. The second-order valence-electron chi connectivity index (χ2n) is 4.70. The van der Waals surface area contributed by atoms with Gasteiger partial charge in [0.25, 0.3) is 0 Å². The molecular weight excluding hydrogens is 258 g/mol. The molecule has 1 heterocycles. The number of likely N-dealkylation sites (N-methyl/N-ethyl adjacent to an activating group) is 1. The lowest BCUT2D eigenvalue weighted by atomic mass is 10.1. The molecule has 1 aromatic rings. The minimum absolute atomic E-state index is 0.00862. The van der Waals surface area contributed by atoms with Crippen LogP contribution in [0.4, 0.5) is 11.4 Å². The minimum atomic E-state index is -0.416. The molecule has 1 amide bonds. The monoisotopic (exact) mass is 277 g/mol.